The lowest BCUT2D eigenvalue weighted by Gasteiger charge is -2.10. The maximum atomic E-state index is 4.82. The van der Waals surface area contributed by atoms with E-state index in [-0.39, 0.29) is 0 Å². The third-order valence-corrected chi connectivity index (χ3v) is 5.07. The second kappa shape index (κ2) is 4.00. The summed E-state index contributed by atoms with van der Waals surface area (Å²) < 4.78 is 1.94. The highest BCUT2D eigenvalue weighted by atomic mass is 32.1. The summed E-state index contributed by atoms with van der Waals surface area (Å²) in [5, 5.41) is 5.77. The van der Waals surface area contributed by atoms with Crippen LogP contribution in [0.2, 0.25) is 0 Å². The van der Waals surface area contributed by atoms with Gasteiger partial charge in [0.25, 0.3) is 0 Å². The molecule has 0 N–H and O–H groups in total. The van der Waals surface area contributed by atoms with Crippen molar-refractivity contribution >= 4 is 27.2 Å². The summed E-state index contributed by atoms with van der Waals surface area (Å²) in [7, 11) is 0. The Hall–Kier alpha value is -1.49. The Bertz CT molecular complexity index is 784. The predicted octanol–water partition coefficient (Wildman–Crippen LogP) is 3.09. The van der Waals surface area contributed by atoms with Gasteiger partial charge in [-0.2, -0.15) is 4.52 Å². The van der Waals surface area contributed by atoms with E-state index < -0.39 is 0 Å². The Morgan fingerprint density at radius 2 is 2.05 bits per heavy atom. The molecule has 0 bridgehead atoms. The first-order valence-electron chi connectivity index (χ1n) is 6.94. The van der Waals surface area contributed by atoms with Crippen LogP contribution in [-0.2, 0) is 19.3 Å². The van der Waals surface area contributed by atoms with E-state index in [2.05, 4.69) is 17.0 Å². The molecular weight excluding hydrogens is 256 g/mol. The van der Waals surface area contributed by atoms with Crippen molar-refractivity contribution in [1.82, 2.24) is 19.6 Å². The van der Waals surface area contributed by atoms with E-state index in [0.717, 1.165) is 28.5 Å². The molecule has 0 saturated heterocycles. The molecule has 0 unspecified atom stereocenters. The van der Waals surface area contributed by atoms with Gasteiger partial charge in [0.1, 0.15) is 16.5 Å². The summed E-state index contributed by atoms with van der Waals surface area (Å²) in [4.78, 5) is 12.1. The molecule has 4 rings (SSSR count). The Kier molecular flexibility index (Phi) is 2.39. The minimum Gasteiger partial charge on any atom is -0.222 e. The quantitative estimate of drug-likeness (QED) is 0.683. The molecule has 3 aromatic heterocycles. The SMILES string of the molecule is CCc1nc2sc3c(c2c2nc(C)nn12)CCCC3. The zero-order valence-corrected chi connectivity index (χ0v) is 12.0. The summed E-state index contributed by atoms with van der Waals surface area (Å²) in [6.45, 7) is 4.08. The van der Waals surface area contributed by atoms with Gasteiger partial charge in [-0.1, -0.05) is 6.92 Å². The average Bonchev–Trinajstić information content (AvgIpc) is 2.96. The molecule has 98 valence electrons. The fourth-order valence-corrected chi connectivity index (χ4v) is 4.29. The van der Waals surface area contributed by atoms with Gasteiger partial charge in [-0.25, -0.2) is 9.97 Å². The Morgan fingerprint density at radius 1 is 1.21 bits per heavy atom. The monoisotopic (exact) mass is 272 g/mol. The van der Waals surface area contributed by atoms with Crippen molar-refractivity contribution in [3.05, 3.63) is 22.1 Å². The van der Waals surface area contributed by atoms with E-state index in [1.165, 1.54) is 41.5 Å². The first-order chi connectivity index (χ1) is 9.28. The van der Waals surface area contributed by atoms with Gasteiger partial charge in [0.2, 0.25) is 0 Å². The van der Waals surface area contributed by atoms with Crippen LogP contribution >= 0.6 is 11.3 Å². The van der Waals surface area contributed by atoms with Crippen molar-refractivity contribution in [3.63, 3.8) is 0 Å². The van der Waals surface area contributed by atoms with E-state index in [1.807, 2.05) is 22.8 Å². The Balaban J connectivity index is 2.18. The molecule has 0 fully saturated rings. The highest BCUT2D eigenvalue weighted by Gasteiger charge is 2.21. The van der Waals surface area contributed by atoms with Crippen LogP contribution < -0.4 is 0 Å². The second-order valence-electron chi connectivity index (χ2n) is 5.17. The molecule has 3 heterocycles. The molecule has 3 aromatic rings. The van der Waals surface area contributed by atoms with Crippen LogP contribution in [-0.4, -0.2) is 19.6 Å². The highest BCUT2D eigenvalue weighted by molar-refractivity contribution is 7.19. The first-order valence-corrected chi connectivity index (χ1v) is 7.76. The number of hydrogen-bond donors (Lipinski definition) is 0. The third-order valence-electron chi connectivity index (χ3n) is 3.88. The van der Waals surface area contributed by atoms with Crippen molar-refractivity contribution < 1.29 is 0 Å². The van der Waals surface area contributed by atoms with Crippen LogP contribution in [0.4, 0.5) is 0 Å². The smallest absolute Gasteiger partial charge is 0.168 e. The number of hydrogen-bond acceptors (Lipinski definition) is 4. The molecule has 0 spiro atoms. The molecule has 5 heteroatoms. The molecule has 0 atom stereocenters. The minimum absolute atomic E-state index is 0.833. The lowest BCUT2D eigenvalue weighted by Crippen LogP contribution is -2.03. The minimum atomic E-state index is 0.833. The number of nitrogens with zero attached hydrogens (tertiary/aromatic N) is 4. The molecule has 0 aliphatic heterocycles. The zero-order chi connectivity index (χ0) is 13.0. The van der Waals surface area contributed by atoms with Crippen molar-refractivity contribution in [2.75, 3.05) is 0 Å². The van der Waals surface area contributed by atoms with E-state index in [1.54, 1.807) is 0 Å². The summed E-state index contributed by atoms with van der Waals surface area (Å²) in [6, 6.07) is 0. The topological polar surface area (TPSA) is 43.1 Å². The molecule has 1 aliphatic carbocycles. The highest BCUT2D eigenvalue weighted by Crippen LogP contribution is 2.37. The van der Waals surface area contributed by atoms with E-state index >= 15 is 0 Å². The maximum absolute atomic E-state index is 4.82. The van der Waals surface area contributed by atoms with E-state index in [0.29, 0.717) is 0 Å². The number of fused-ring (bicyclic) bond motifs is 5. The number of aryl methyl sites for hydroxylation is 4. The first kappa shape index (κ1) is 11.3. The summed E-state index contributed by atoms with van der Waals surface area (Å²) >= 11 is 1.86. The van der Waals surface area contributed by atoms with Crippen LogP contribution in [0.5, 0.6) is 0 Å². The molecular formula is C14H16N4S. The molecule has 4 nitrogen and oxygen atoms in total. The third kappa shape index (κ3) is 1.54. The molecule has 19 heavy (non-hydrogen) atoms. The number of aromatic nitrogens is 4. The number of thiophene rings is 1. The van der Waals surface area contributed by atoms with Crippen molar-refractivity contribution in [1.29, 1.82) is 0 Å². The van der Waals surface area contributed by atoms with E-state index in [9.17, 15) is 0 Å². The van der Waals surface area contributed by atoms with Crippen molar-refractivity contribution in [2.24, 2.45) is 0 Å². The normalized spacial score (nSPS) is 15.3. The predicted molar refractivity (Wildman–Crippen MR) is 76.9 cm³/mol. The Labute approximate surface area is 115 Å². The van der Waals surface area contributed by atoms with Gasteiger partial charge in [-0.05, 0) is 38.2 Å². The van der Waals surface area contributed by atoms with Crippen LogP contribution in [0.1, 0.15) is 41.9 Å². The summed E-state index contributed by atoms with van der Waals surface area (Å²) in [6.07, 6.45) is 5.86. The van der Waals surface area contributed by atoms with Gasteiger partial charge in [0.15, 0.2) is 5.65 Å². The lowest BCUT2D eigenvalue weighted by molar-refractivity contribution is 0.700. The van der Waals surface area contributed by atoms with E-state index in [4.69, 9.17) is 4.98 Å². The fourth-order valence-electron chi connectivity index (χ4n) is 3.01. The maximum Gasteiger partial charge on any atom is 0.168 e. The molecule has 0 saturated carbocycles. The molecule has 0 aromatic carbocycles. The van der Waals surface area contributed by atoms with Crippen LogP contribution in [0.3, 0.4) is 0 Å². The second-order valence-corrected chi connectivity index (χ2v) is 6.25. The largest absolute Gasteiger partial charge is 0.222 e. The lowest BCUT2D eigenvalue weighted by atomic mass is 9.97. The van der Waals surface area contributed by atoms with Gasteiger partial charge < -0.3 is 0 Å². The van der Waals surface area contributed by atoms with Crippen LogP contribution in [0.15, 0.2) is 0 Å². The van der Waals surface area contributed by atoms with Gasteiger partial charge in [0.05, 0.1) is 5.39 Å². The van der Waals surface area contributed by atoms with Gasteiger partial charge >= 0.3 is 0 Å². The standard InChI is InChI=1S/C14H16N4S/c1-3-11-16-14-12(13-15-8(2)17-18(11)13)9-6-4-5-7-10(9)19-14/h3-7H2,1-2H3. The van der Waals surface area contributed by atoms with Gasteiger partial charge in [-0.3, -0.25) is 0 Å². The van der Waals surface area contributed by atoms with Crippen LogP contribution in [0, 0.1) is 6.92 Å². The van der Waals surface area contributed by atoms with Crippen LogP contribution in [0.25, 0.3) is 15.9 Å². The summed E-state index contributed by atoms with van der Waals surface area (Å²) in [5.41, 5.74) is 2.50. The fraction of sp³-hybridized carbons (Fsp3) is 0.500. The Morgan fingerprint density at radius 3 is 2.89 bits per heavy atom. The van der Waals surface area contributed by atoms with Gasteiger partial charge in [-0.15, -0.1) is 16.4 Å². The molecule has 0 radical (unpaired) electrons. The van der Waals surface area contributed by atoms with Gasteiger partial charge in [0, 0.05) is 11.3 Å². The average molecular weight is 272 g/mol. The van der Waals surface area contributed by atoms with Crippen molar-refractivity contribution in [3.8, 4) is 0 Å². The summed E-state index contributed by atoms with van der Waals surface area (Å²) in [5.74, 6) is 1.85. The number of rotatable bonds is 1. The zero-order valence-electron chi connectivity index (χ0n) is 11.2. The van der Waals surface area contributed by atoms with Crippen molar-refractivity contribution in [2.45, 2.75) is 46.0 Å². The molecule has 1 aliphatic rings. The molecule has 0 amide bonds.